The van der Waals surface area contributed by atoms with Crippen LogP contribution in [0, 0.1) is 0 Å². The van der Waals surface area contributed by atoms with Crippen LogP contribution in [0.5, 0.6) is 0 Å². The molecule has 3 aliphatic rings. The third kappa shape index (κ3) is 6.41. The van der Waals surface area contributed by atoms with Crippen LogP contribution in [-0.2, 0) is 5.41 Å². The third-order valence-corrected chi connectivity index (χ3v) is 16.5. The zero-order valence-corrected chi connectivity index (χ0v) is 41.8. The van der Waals surface area contributed by atoms with Crippen molar-refractivity contribution >= 4 is 10.8 Å². The Hall–Kier alpha value is -10.1. The smallest absolute Gasteiger partial charge is 0.165 e. The summed E-state index contributed by atoms with van der Waals surface area (Å²) in [6.45, 7) is 0. The molecule has 3 nitrogen and oxygen atoms in total. The fourth-order valence-corrected chi connectivity index (χ4v) is 13.3. The van der Waals surface area contributed by atoms with Gasteiger partial charge in [0.05, 0.1) is 5.41 Å². The van der Waals surface area contributed by atoms with Crippen LogP contribution >= 0.6 is 0 Å². The van der Waals surface area contributed by atoms with Crippen molar-refractivity contribution in [2.75, 3.05) is 0 Å². The lowest BCUT2D eigenvalue weighted by atomic mass is 9.68. The van der Waals surface area contributed by atoms with E-state index < -0.39 is 5.41 Å². The molecule has 3 heteroatoms. The normalized spacial score (nSPS) is 12.8. The van der Waals surface area contributed by atoms with E-state index in [0.29, 0.717) is 17.5 Å². The zero-order valence-electron chi connectivity index (χ0n) is 41.8. The summed E-state index contributed by atoms with van der Waals surface area (Å²) in [5.41, 5.74) is 26.1. The highest BCUT2D eigenvalue weighted by molar-refractivity contribution is 6.21. The first-order valence-corrected chi connectivity index (χ1v) is 26.5. The molecule has 13 aromatic rings. The second kappa shape index (κ2) is 17.0. The van der Waals surface area contributed by atoms with Gasteiger partial charge >= 0.3 is 0 Å². The molecule has 1 aromatic heterocycles. The molecule has 0 atom stereocenters. The Balaban J connectivity index is 1.11. The Kier molecular flexibility index (Phi) is 9.55. The number of hydrogen-bond donors (Lipinski definition) is 0. The number of benzene rings is 12. The van der Waals surface area contributed by atoms with Crippen molar-refractivity contribution in [2.45, 2.75) is 5.41 Å². The number of rotatable bonds is 7. The van der Waals surface area contributed by atoms with Gasteiger partial charge in [0.15, 0.2) is 17.5 Å². The highest BCUT2D eigenvalue weighted by Gasteiger charge is 2.54. The van der Waals surface area contributed by atoms with E-state index in [-0.39, 0.29) is 0 Å². The molecule has 16 rings (SSSR count). The molecular formula is C74H45N3. The summed E-state index contributed by atoms with van der Waals surface area (Å²) < 4.78 is 0. The van der Waals surface area contributed by atoms with E-state index in [1.165, 1.54) is 111 Å². The molecule has 0 amide bonds. The van der Waals surface area contributed by atoms with Crippen LogP contribution in [0.15, 0.2) is 273 Å². The molecule has 356 valence electrons. The second-order valence-corrected chi connectivity index (χ2v) is 20.5. The Morgan fingerprint density at radius 2 is 0.584 bits per heavy atom. The molecule has 0 fully saturated rings. The number of nitrogens with zero attached hydrogens (tertiary/aromatic N) is 3. The molecule has 0 bridgehead atoms. The molecule has 0 N–H and O–H groups in total. The minimum atomic E-state index is -0.794. The van der Waals surface area contributed by atoms with Gasteiger partial charge in [0.25, 0.3) is 0 Å². The molecule has 1 heterocycles. The van der Waals surface area contributed by atoms with Gasteiger partial charge in [-0.25, -0.2) is 15.0 Å². The van der Waals surface area contributed by atoms with Crippen LogP contribution in [0.2, 0.25) is 0 Å². The van der Waals surface area contributed by atoms with Gasteiger partial charge in [-0.15, -0.1) is 0 Å². The van der Waals surface area contributed by atoms with Crippen molar-refractivity contribution in [3.05, 3.63) is 295 Å². The van der Waals surface area contributed by atoms with Gasteiger partial charge in [-0.05, 0) is 147 Å². The van der Waals surface area contributed by atoms with E-state index in [2.05, 4.69) is 261 Å². The molecule has 0 saturated carbocycles. The highest BCUT2D eigenvalue weighted by atomic mass is 15.0. The summed E-state index contributed by atoms with van der Waals surface area (Å²) in [7, 11) is 0. The third-order valence-electron chi connectivity index (χ3n) is 16.5. The number of hydrogen-bond acceptors (Lipinski definition) is 3. The summed E-state index contributed by atoms with van der Waals surface area (Å²) in [5.74, 6) is 1.91. The Morgan fingerprint density at radius 1 is 0.208 bits per heavy atom. The molecule has 0 aliphatic heterocycles. The average molecular weight is 976 g/mol. The van der Waals surface area contributed by atoms with Gasteiger partial charge in [0.1, 0.15) is 0 Å². The first-order valence-electron chi connectivity index (χ1n) is 26.5. The van der Waals surface area contributed by atoms with Gasteiger partial charge in [-0.1, -0.05) is 243 Å². The maximum Gasteiger partial charge on any atom is 0.165 e. The molecule has 3 aliphatic carbocycles. The summed E-state index contributed by atoms with van der Waals surface area (Å²) >= 11 is 0. The van der Waals surface area contributed by atoms with Gasteiger partial charge in [-0.3, -0.25) is 0 Å². The van der Waals surface area contributed by atoms with Gasteiger partial charge < -0.3 is 0 Å². The predicted molar refractivity (Wildman–Crippen MR) is 316 cm³/mol. The van der Waals surface area contributed by atoms with Crippen LogP contribution in [-0.4, -0.2) is 15.0 Å². The first-order chi connectivity index (χ1) is 38.2. The molecule has 1 spiro atoms. The monoisotopic (exact) mass is 975 g/mol. The van der Waals surface area contributed by atoms with Crippen LogP contribution in [0.4, 0.5) is 0 Å². The average Bonchev–Trinajstić information content (AvgIpc) is 4.31. The van der Waals surface area contributed by atoms with Crippen LogP contribution in [0.1, 0.15) is 22.3 Å². The lowest BCUT2D eigenvalue weighted by Gasteiger charge is -2.32. The molecular weight excluding hydrogens is 931 g/mol. The summed E-state index contributed by atoms with van der Waals surface area (Å²) in [4.78, 5) is 16.5. The molecule has 0 radical (unpaired) electrons. The van der Waals surface area contributed by atoms with E-state index in [9.17, 15) is 0 Å². The standard InChI is InChI=1S/C74H45N3/c1-7-23-46(24-8-1)56-41-60-61-42-57(47-25-9-2-10-26-47)59(49-29-13-4-14-30-49)44-65(61)74(64(60)43-58(56)48-27-11-3-12-28-48)63-40-20-19-37-54(63)69-66(74)45-62-53-38-21-35-50-36-22-39-55(67(50)53)68(62)70(69)73-76-71(51-31-15-5-16-32-51)75-72(77-73)52-33-17-6-18-34-52/h1-45H. The van der Waals surface area contributed by atoms with E-state index in [1.54, 1.807) is 0 Å². The highest BCUT2D eigenvalue weighted by Crippen LogP contribution is 2.68. The Morgan fingerprint density at radius 3 is 1.06 bits per heavy atom. The summed E-state index contributed by atoms with van der Waals surface area (Å²) in [6.07, 6.45) is 0. The Labute approximate surface area is 447 Å². The van der Waals surface area contributed by atoms with Gasteiger partial charge in [0.2, 0.25) is 0 Å². The summed E-state index contributed by atoms with van der Waals surface area (Å²) in [5, 5.41) is 2.46. The van der Waals surface area contributed by atoms with Crippen molar-refractivity contribution in [3.63, 3.8) is 0 Å². The van der Waals surface area contributed by atoms with Crippen molar-refractivity contribution in [1.82, 2.24) is 15.0 Å². The summed E-state index contributed by atoms with van der Waals surface area (Å²) in [6, 6.07) is 100.0. The maximum absolute atomic E-state index is 5.63. The second-order valence-electron chi connectivity index (χ2n) is 20.5. The molecule has 0 saturated heterocycles. The largest absolute Gasteiger partial charge is 0.208 e. The minimum absolute atomic E-state index is 0.633. The van der Waals surface area contributed by atoms with Crippen LogP contribution in [0.25, 0.3) is 134 Å². The number of fused-ring (bicyclic) bond motifs is 13. The SMILES string of the molecule is c1ccc(-c2nc(-c3ccccc3)nc(-c3c4c(cc5c3-c3ccccc3C53c5cc(-c6ccccc6)c(-c6ccccc6)cc5-c5cc(-c6ccccc6)c(-c6ccccc6)cc53)-c3cccc5cccc-4c35)n2)cc1. The maximum atomic E-state index is 5.63. The number of aromatic nitrogens is 3. The van der Waals surface area contributed by atoms with Crippen molar-refractivity contribution in [1.29, 1.82) is 0 Å². The topological polar surface area (TPSA) is 38.7 Å². The fourth-order valence-electron chi connectivity index (χ4n) is 13.3. The van der Waals surface area contributed by atoms with Crippen LogP contribution in [0.3, 0.4) is 0 Å². The Bertz CT molecular complexity index is 4320. The van der Waals surface area contributed by atoms with Crippen LogP contribution < -0.4 is 0 Å². The van der Waals surface area contributed by atoms with Gasteiger partial charge in [0, 0.05) is 22.3 Å². The molecule has 12 aromatic carbocycles. The van der Waals surface area contributed by atoms with E-state index in [4.69, 9.17) is 15.0 Å². The van der Waals surface area contributed by atoms with Crippen molar-refractivity contribution in [2.24, 2.45) is 0 Å². The van der Waals surface area contributed by atoms with E-state index in [1.807, 2.05) is 12.1 Å². The van der Waals surface area contributed by atoms with Crippen molar-refractivity contribution < 1.29 is 0 Å². The van der Waals surface area contributed by atoms with Crippen molar-refractivity contribution in [3.8, 4) is 123 Å². The molecule has 77 heavy (non-hydrogen) atoms. The lowest BCUT2D eigenvalue weighted by Crippen LogP contribution is -2.26. The van der Waals surface area contributed by atoms with E-state index in [0.717, 1.165) is 27.8 Å². The fraction of sp³-hybridized carbons (Fsp3) is 0.0135. The van der Waals surface area contributed by atoms with Gasteiger partial charge in [-0.2, -0.15) is 0 Å². The quantitative estimate of drug-likeness (QED) is 0.160. The minimum Gasteiger partial charge on any atom is -0.208 e. The first kappa shape index (κ1) is 43.3. The predicted octanol–water partition coefficient (Wildman–Crippen LogP) is 18.7. The lowest BCUT2D eigenvalue weighted by molar-refractivity contribution is 0.795. The zero-order chi connectivity index (χ0) is 50.6. The molecule has 0 unspecified atom stereocenters. The van der Waals surface area contributed by atoms with E-state index >= 15 is 0 Å².